The summed E-state index contributed by atoms with van der Waals surface area (Å²) in [4.78, 5) is 6.74. The first-order valence-electron chi connectivity index (χ1n) is 7.49. The van der Waals surface area contributed by atoms with Crippen molar-refractivity contribution in [3.63, 3.8) is 0 Å². The predicted molar refractivity (Wildman–Crippen MR) is 79.8 cm³/mol. The van der Waals surface area contributed by atoms with Gasteiger partial charge in [0.25, 0.3) is 0 Å². The lowest BCUT2D eigenvalue weighted by molar-refractivity contribution is 0.0461. The third kappa shape index (κ3) is 3.71. The van der Waals surface area contributed by atoms with Gasteiger partial charge in [-0.05, 0) is 44.2 Å². The van der Waals surface area contributed by atoms with E-state index in [2.05, 4.69) is 22.9 Å². The molecule has 4 heteroatoms. The minimum Gasteiger partial charge on any atom is -0.378 e. The normalized spacial score (nSPS) is 19.4. The molecule has 0 N–H and O–H groups in total. The van der Waals surface area contributed by atoms with Crippen molar-refractivity contribution >= 4 is 5.82 Å². The third-order valence-electron chi connectivity index (χ3n) is 3.74. The van der Waals surface area contributed by atoms with Crippen LogP contribution in [0, 0.1) is 18.3 Å². The fourth-order valence-corrected chi connectivity index (χ4v) is 2.55. The summed E-state index contributed by atoms with van der Waals surface area (Å²) in [5.74, 6) is 0.920. The SMILES string of the molecule is CCCOC1CCCN(c2ccc(C)c(C#N)n2)CC1. The predicted octanol–water partition coefficient (Wildman–Crippen LogP) is 3.05. The molecule has 4 nitrogen and oxygen atoms in total. The van der Waals surface area contributed by atoms with Crippen LogP contribution in [0.4, 0.5) is 5.82 Å². The summed E-state index contributed by atoms with van der Waals surface area (Å²) < 4.78 is 5.86. The Morgan fingerprint density at radius 2 is 2.25 bits per heavy atom. The molecule has 0 amide bonds. The van der Waals surface area contributed by atoms with Gasteiger partial charge in [-0.25, -0.2) is 4.98 Å². The van der Waals surface area contributed by atoms with E-state index in [9.17, 15) is 0 Å². The molecule has 1 saturated heterocycles. The highest BCUT2D eigenvalue weighted by molar-refractivity contribution is 5.44. The second-order valence-electron chi connectivity index (χ2n) is 5.36. The molecule has 2 heterocycles. The number of hydrogen-bond acceptors (Lipinski definition) is 4. The highest BCUT2D eigenvalue weighted by atomic mass is 16.5. The monoisotopic (exact) mass is 273 g/mol. The Balaban J connectivity index is 2.01. The van der Waals surface area contributed by atoms with Gasteiger partial charge < -0.3 is 9.64 Å². The average Bonchev–Trinajstić information content (AvgIpc) is 2.71. The first-order chi connectivity index (χ1) is 9.74. The molecular formula is C16H23N3O. The molecule has 0 radical (unpaired) electrons. The zero-order valence-corrected chi connectivity index (χ0v) is 12.4. The van der Waals surface area contributed by atoms with Crippen molar-refractivity contribution in [2.75, 3.05) is 24.6 Å². The third-order valence-corrected chi connectivity index (χ3v) is 3.74. The lowest BCUT2D eigenvalue weighted by atomic mass is 10.2. The van der Waals surface area contributed by atoms with Crippen LogP contribution in [-0.4, -0.2) is 30.8 Å². The summed E-state index contributed by atoms with van der Waals surface area (Å²) in [5.41, 5.74) is 1.47. The highest BCUT2D eigenvalue weighted by Gasteiger charge is 2.18. The first-order valence-corrected chi connectivity index (χ1v) is 7.49. The van der Waals surface area contributed by atoms with Crippen molar-refractivity contribution in [2.24, 2.45) is 0 Å². The molecule has 108 valence electrons. The summed E-state index contributed by atoms with van der Waals surface area (Å²) >= 11 is 0. The quantitative estimate of drug-likeness (QED) is 0.846. The van der Waals surface area contributed by atoms with Crippen LogP contribution >= 0.6 is 0 Å². The molecule has 1 aliphatic heterocycles. The number of aryl methyl sites for hydroxylation is 1. The van der Waals surface area contributed by atoms with Crippen LogP contribution in [0.5, 0.6) is 0 Å². The molecule has 1 fully saturated rings. The van der Waals surface area contributed by atoms with E-state index in [0.29, 0.717) is 11.8 Å². The zero-order chi connectivity index (χ0) is 14.4. The van der Waals surface area contributed by atoms with Crippen LogP contribution in [0.2, 0.25) is 0 Å². The number of ether oxygens (including phenoxy) is 1. The van der Waals surface area contributed by atoms with Crippen LogP contribution in [0.3, 0.4) is 0 Å². The van der Waals surface area contributed by atoms with Gasteiger partial charge in [0.1, 0.15) is 17.6 Å². The van der Waals surface area contributed by atoms with Gasteiger partial charge in [-0.1, -0.05) is 13.0 Å². The van der Waals surface area contributed by atoms with E-state index >= 15 is 0 Å². The van der Waals surface area contributed by atoms with Gasteiger partial charge in [0.05, 0.1) is 6.10 Å². The van der Waals surface area contributed by atoms with Gasteiger partial charge in [-0.15, -0.1) is 0 Å². The number of hydrogen-bond donors (Lipinski definition) is 0. The Kier molecular flexibility index (Phi) is 5.37. The van der Waals surface area contributed by atoms with Gasteiger partial charge in [0.15, 0.2) is 0 Å². The first kappa shape index (κ1) is 14.8. The number of anilines is 1. The smallest absolute Gasteiger partial charge is 0.145 e. The molecule has 1 unspecified atom stereocenters. The Morgan fingerprint density at radius 3 is 3.00 bits per heavy atom. The van der Waals surface area contributed by atoms with Gasteiger partial charge in [0, 0.05) is 19.7 Å². The van der Waals surface area contributed by atoms with Crippen molar-refractivity contribution in [3.05, 3.63) is 23.4 Å². The van der Waals surface area contributed by atoms with E-state index in [0.717, 1.165) is 56.8 Å². The number of rotatable bonds is 4. The summed E-state index contributed by atoms with van der Waals surface area (Å²) in [6.45, 7) is 6.86. The average molecular weight is 273 g/mol. The van der Waals surface area contributed by atoms with Gasteiger partial charge in [0.2, 0.25) is 0 Å². The van der Waals surface area contributed by atoms with E-state index in [1.54, 1.807) is 0 Å². The van der Waals surface area contributed by atoms with Crippen LogP contribution in [0.15, 0.2) is 12.1 Å². The zero-order valence-electron chi connectivity index (χ0n) is 12.4. The van der Waals surface area contributed by atoms with Crippen molar-refractivity contribution in [3.8, 4) is 6.07 Å². The summed E-state index contributed by atoms with van der Waals surface area (Å²) in [6, 6.07) is 6.16. The molecule has 0 bridgehead atoms. The molecule has 2 rings (SSSR count). The molecule has 1 aromatic rings. The van der Waals surface area contributed by atoms with Gasteiger partial charge in [-0.2, -0.15) is 5.26 Å². The Bertz CT molecular complexity index is 481. The van der Waals surface area contributed by atoms with Crippen molar-refractivity contribution in [2.45, 2.75) is 45.6 Å². The topological polar surface area (TPSA) is 49.1 Å². The largest absolute Gasteiger partial charge is 0.378 e. The van der Waals surface area contributed by atoms with Crippen molar-refractivity contribution < 1.29 is 4.74 Å². The molecule has 0 spiro atoms. The second-order valence-corrected chi connectivity index (χ2v) is 5.36. The summed E-state index contributed by atoms with van der Waals surface area (Å²) in [6.07, 6.45) is 4.72. The van der Waals surface area contributed by atoms with Gasteiger partial charge in [-0.3, -0.25) is 0 Å². The number of aromatic nitrogens is 1. The van der Waals surface area contributed by atoms with E-state index < -0.39 is 0 Å². The van der Waals surface area contributed by atoms with E-state index in [-0.39, 0.29) is 0 Å². The number of nitriles is 1. The van der Waals surface area contributed by atoms with E-state index in [1.807, 2.05) is 19.1 Å². The number of pyridine rings is 1. The molecule has 1 aliphatic rings. The summed E-state index contributed by atoms with van der Waals surface area (Å²) in [7, 11) is 0. The summed E-state index contributed by atoms with van der Waals surface area (Å²) in [5, 5.41) is 9.08. The van der Waals surface area contributed by atoms with Crippen molar-refractivity contribution in [1.29, 1.82) is 5.26 Å². The standard InChI is InChI=1S/C16H23N3O/c1-3-11-20-14-5-4-9-19(10-8-14)16-7-6-13(2)15(12-17)18-16/h6-7,14H,3-5,8-11H2,1-2H3. The van der Waals surface area contributed by atoms with E-state index in [4.69, 9.17) is 10.00 Å². The molecule has 1 atom stereocenters. The fourth-order valence-electron chi connectivity index (χ4n) is 2.55. The second kappa shape index (κ2) is 7.25. The maximum atomic E-state index is 9.08. The molecular weight excluding hydrogens is 250 g/mol. The van der Waals surface area contributed by atoms with Gasteiger partial charge >= 0.3 is 0 Å². The fraction of sp³-hybridized carbons (Fsp3) is 0.625. The maximum absolute atomic E-state index is 9.08. The lowest BCUT2D eigenvalue weighted by Gasteiger charge is -2.22. The highest BCUT2D eigenvalue weighted by Crippen LogP contribution is 2.20. The molecule has 0 saturated carbocycles. The number of nitrogens with zero attached hydrogens (tertiary/aromatic N) is 3. The minimum absolute atomic E-state index is 0.376. The van der Waals surface area contributed by atoms with Crippen molar-refractivity contribution in [1.82, 2.24) is 4.98 Å². The molecule has 0 aromatic carbocycles. The Labute approximate surface area is 121 Å². The van der Waals surface area contributed by atoms with Crippen LogP contribution in [0.1, 0.15) is 43.9 Å². The lowest BCUT2D eigenvalue weighted by Crippen LogP contribution is -2.26. The maximum Gasteiger partial charge on any atom is 0.145 e. The van der Waals surface area contributed by atoms with Crippen LogP contribution in [0.25, 0.3) is 0 Å². The molecule has 0 aliphatic carbocycles. The molecule has 1 aromatic heterocycles. The van der Waals surface area contributed by atoms with Crippen LogP contribution in [-0.2, 0) is 4.74 Å². The van der Waals surface area contributed by atoms with Crippen LogP contribution < -0.4 is 4.90 Å². The molecule has 20 heavy (non-hydrogen) atoms. The Morgan fingerprint density at radius 1 is 1.40 bits per heavy atom. The van der Waals surface area contributed by atoms with E-state index in [1.165, 1.54) is 0 Å². The Hall–Kier alpha value is -1.60. The minimum atomic E-state index is 0.376.